The van der Waals surface area contributed by atoms with Gasteiger partial charge in [0, 0.05) is 37.8 Å². The second kappa shape index (κ2) is 7.97. The molecular weight excluding hydrogens is 418 g/mol. The summed E-state index contributed by atoms with van der Waals surface area (Å²) in [5, 5.41) is 2.97. The second-order valence-electron chi connectivity index (χ2n) is 8.04. The lowest BCUT2D eigenvalue weighted by Crippen LogP contribution is -2.41. The molecule has 9 heteroatoms. The number of hydrogen-bond acceptors (Lipinski definition) is 5. The van der Waals surface area contributed by atoms with Gasteiger partial charge in [0.05, 0.1) is 10.4 Å². The van der Waals surface area contributed by atoms with Gasteiger partial charge in [-0.25, -0.2) is 13.2 Å². The highest BCUT2D eigenvalue weighted by atomic mass is 32.2. The van der Waals surface area contributed by atoms with Crippen LogP contribution in [0.2, 0.25) is 0 Å². The summed E-state index contributed by atoms with van der Waals surface area (Å²) in [4.78, 5) is 24.4. The molecule has 0 saturated carbocycles. The van der Waals surface area contributed by atoms with Crippen LogP contribution in [-0.2, 0) is 21.9 Å². The summed E-state index contributed by atoms with van der Waals surface area (Å²) in [6.45, 7) is 4.45. The van der Waals surface area contributed by atoms with Crippen LogP contribution in [-0.4, -0.2) is 36.3 Å². The fourth-order valence-corrected chi connectivity index (χ4v) is 5.46. The summed E-state index contributed by atoms with van der Waals surface area (Å²) in [5.41, 5.74) is 3.67. The Labute approximate surface area is 180 Å². The van der Waals surface area contributed by atoms with E-state index in [0.29, 0.717) is 18.4 Å². The number of carbonyl (C=O) groups excluding carboxylic acids is 1. The lowest BCUT2D eigenvalue weighted by Gasteiger charge is -2.30. The maximum absolute atomic E-state index is 13.1. The molecule has 4 rings (SSSR count). The predicted molar refractivity (Wildman–Crippen MR) is 117 cm³/mol. The first-order valence-corrected chi connectivity index (χ1v) is 11.6. The number of aryl methyl sites for hydroxylation is 3. The first-order valence-electron chi connectivity index (χ1n) is 10.1. The van der Waals surface area contributed by atoms with Crippen LogP contribution in [0.4, 0.5) is 5.69 Å². The Hall–Kier alpha value is -2.91. The third kappa shape index (κ3) is 4.03. The third-order valence-corrected chi connectivity index (χ3v) is 7.76. The van der Waals surface area contributed by atoms with Crippen molar-refractivity contribution in [2.75, 3.05) is 18.4 Å². The number of nitrogens with zero attached hydrogens (tertiary/aromatic N) is 2. The van der Waals surface area contributed by atoms with Gasteiger partial charge in [-0.15, -0.1) is 0 Å². The van der Waals surface area contributed by atoms with Gasteiger partial charge < -0.3 is 9.73 Å². The molecule has 0 aliphatic carbocycles. The van der Waals surface area contributed by atoms with Crippen LogP contribution in [0.15, 0.2) is 50.5 Å². The highest BCUT2D eigenvalue weighted by Gasteiger charge is 2.32. The zero-order chi connectivity index (χ0) is 22.3. The number of amides is 1. The van der Waals surface area contributed by atoms with Crippen molar-refractivity contribution in [3.8, 4) is 0 Å². The van der Waals surface area contributed by atoms with Gasteiger partial charge in [0.2, 0.25) is 15.9 Å². The van der Waals surface area contributed by atoms with Crippen molar-refractivity contribution in [2.45, 2.75) is 31.6 Å². The highest BCUT2D eigenvalue weighted by molar-refractivity contribution is 7.89. The van der Waals surface area contributed by atoms with Gasteiger partial charge in [-0.3, -0.25) is 9.36 Å². The summed E-state index contributed by atoms with van der Waals surface area (Å²) in [7, 11) is -2.18. The number of piperidine rings is 1. The largest absolute Gasteiger partial charge is 0.419 e. The van der Waals surface area contributed by atoms with Gasteiger partial charge in [-0.2, -0.15) is 4.31 Å². The molecule has 2 aromatic carbocycles. The number of carbonyl (C=O) groups is 1. The molecule has 0 spiro atoms. The van der Waals surface area contributed by atoms with E-state index in [9.17, 15) is 18.0 Å². The summed E-state index contributed by atoms with van der Waals surface area (Å²) in [6, 6.07) is 10.3. The molecule has 1 aliphatic heterocycles. The van der Waals surface area contributed by atoms with E-state index in [1.54, 1.807) is 13.1 Å². The minimum Gasteiger partial charge on any atom is -0.408 e. The SMILES string of the molecule is Cc1ccc(NC(=O)C2CCN(S(=O)(=O)c3ccc4c(c3)oc(=O)n4C)CC2)c(C)c1. The Morgan fingerprint density at radius 1 is 1.10 bits per heavy atom. The topological polar surface area (TPSA) is 102 Å². The van der Waals surface area contributed by atoms with Gasteiger partial charge in [0.1, 0.15) is 0 Å². The second-order valence-corrected chi connectivity index (χ2v) is 9.98. The average Bonchev–Trinajstić information content (AvgIpc) is 3.03. The number of oxazole rings is 1. The van der Waals surface area contributed by atoms with Crippen molar-refractivity contribution in [2.24, 2.45) is 13.0 Å². The number of anilines is 1. The zero-order valence-electron chi connectivity index (χ0n) is 17.7. The monoisotopic (exact) mass is 443 g/mol. The number of aromatic nitrogens is 1. The Morgan fingerprint density at radius 2 is 1.81 bits per heavy atom. The predicted octanol–water partition coefficient (Wildman–Crippen LogP) is 2.79. The van der Waals surface area contributed by atoms with Crippen molar-refractivity contribution >= 4 is 32.7 Å². The average molecular weight is 444 g/mol. The first kappa shape index (κ1) is 21.3. The van der Waals surface area contributed by atoms with Crippen LogP contribution in [0.25, 0.3) is 11.1 Å². The fourth-order valence-electron chi connectivity index (χ4n) is 3.97. The van der Waals surface area contributed by atoms with E-state index in [1.807, 2.05) is 32.0 Å². The maximum atomic E-state index is 13.1. The van der Waals surface area contributed by atoms with Gasteiger partial charge in [0.25, 0.3) is 0 Å². The molecule has 164 valence electrons. The Kier molecular flexibility index (Phi) is 5.49. The minimum absolute atomic E-state index is 0.0764. The number of fused-ring (bicyclic) bond motifs is 1. The van der Waals surface area contributed by atoms with Gasteiger partial charge >= 0.3 is 5.76 Å². The first-order chi connectivity index (χ1) is 14.7. The summed E-state index contributed by atoms with van der Waals surface area (Å²) in [6.07, 6.45) is 0.886. The van der Waals surface area contributed by atoms with E-state index in [-0.39, 0.29) is 35.4 Å². The van der Waals surface area contributed by atoms with Crippen LogP contribution in [0.5, 0.6) is 0 Å². The molecule has 1 aliphatic rings. The molecule has 1 N–H and O–H groups in total. The van der Waals surface area contributed by atoms with Crippen molar-refractivity contribution < 1.29 is 17.6 Å². The van der Waals surface area contributed by atoms with Crippen LogP contribution in [0, 0.1) is 19.8 Å². The van der Waals surface area contributed by atoms with E-state index in [0.717, 1.165) is 16.8 Å². The maximum Gasteiger partial charge on any atom is 0.419 e. The van der Waals surface area contributed by atoms with Crippen molar-refractivity contribution in [3.63, 3.8) is 0 Å². The summed E-state index contributed by atoms with van der Waals surface area (Å²) < 4.78 is 34.0. The Bertz CT molecular complexity index is 1310. The molecule has 1 amide bonds. The standard InChI is InChI=1S/C22H25N3O5S/c1-14-4-6-18(15(2)12-14)23-21(26)16-8-10-25(11-9-16)31(28,29)17-5-7-19-20(13-17)30-22(27)24(19)3/h4-7,12-13,16H,8-11H2,1-3H3,(H,23,26). The van der Waals surface area contributed by atoms with Crippen molar-refractivity contribution in [3.05, 3.63) is 58.1 Å². The minimum atomic E-state index is -3.75. The van der Waals surface area contributed by atoms with Crippen molar-refractivity contribution in [1.29, 1.82) is 0 Å². The van der Waals surface area contributed by atoms with Crippen LogP contribution in [0.1, 0.15) is 24.0 Å². The van der Waals surface area contributed by atoms with Crippen LogP contribution in [0.3, 0.4) is 0 Å². The lowest BCUT2D eigenvalue weighted by atomic mass is 9.97. The van der Waals surface area contributed by atoms with Crippen LogP contribution >= 0.6 is 0 Å². The molecule has 1 aromatic heterocycles. The molecule has 3 aromatic rings. The van der Waals surface area contributed by atoms with Gasteiger partial charge in [0.15, 0.2) is 5.58 Å². The van der Waals surface area contributed by atoms with Gasteiger partial charge in [-0.05, 0) is 50.5 Å². The van der Waals surface area contributed by atoms with E-state index >= 15 is 0 Å². The number of rotatable bonds is 4. The molecule has 31 heavy (non-hydrogen) atoms. The summed E-state index contributed by atoms with van der Waals surface area (Å²) in [5.74, 6) is -0.876. The molecule has 0 radical (unpaired) electrons. The molecule has 1 fully saturated rings. The molecule has 0 unspecified atom stereocenters. The fraction of sp³-hybridized carbons (Fsp3) is 0.364. The number of nitrogens with one attached hydrogen (secondary N) is 1. The van der Waals surface area contributed by atoms with Crippen molar-refractivity contribution in [1.82, 2.24) is 8.87 Å². The van der Waals surface area contributed by atoms with E-state index in [4.69, 9.17) is 4.42 Å². The van der Waals surface area contributed by atoms with Crippen LogP contribution < -0.4 is 11.1 Å². The molecule has 2 heterocycles. The Morgan fingerprint density at radius 3 is 2.48 bits per heavy atom. The van der Waals surface area contributed by atoms with E-state index < -0.39 is 15.8 Å². The molecule has 8 nitrogen and oxygen atoms in total. The van der Waals surface area contributed by atoms with Gasteiger partial charge in [-0.1, -0.05) is 17.7 Å². The lowest BCUT2D eigenvalue weighted by molar-refractivity contribution is -0.120. The molecule has 0 atom stereocenters. The normalized spacial score (nSPS) is 16.0. The smallest absolute Gasteiger partial charge is 0.408 e. The number of benzene rings is 2. The zero-order valence-corrected chi connectivity index (χ0v) is 18.5. The molecular formula is C22H25N3O5S. The quantitative estimate of drug-likeness (QED) is 0.668. The Balaban J connectivity index is 1.45. The third-order valence-electron chi connectivity index (χ3n) is 5.87. The summed E-state index contributed by atoms with van der Waals surface area (Å²) >= 11 is 0. The number of sulfonamides is 1. The number of hydrogen-bond donors (Lipinski definition) is 1. The van der Waals surface area contributed by atoms with E-state index in [2.05, 4.69) is 5.32 Å². The molecule has 1 saturated heterocycles. The van der Waals surface area contributed by atoms with E-state index in [1.165, 1.54) is 21.0 Å². The molecule has 0 bridgehead atoms. The highest BCUT2D eigenvalue weighted by Crippen LogP contribution is 2.27.